The molecule has 3 aliphatic carbocycles. The van der Waals surface area contributed by atoms with Crippen LogP contribution in [-0.2, 0) is 56.7 Å². The van der Waals surface area contributed by atoms with Crippen LogP contribution in [0.25, 0.3) is 0 Å². The molecule has 17 nitrogen and oxygen atoms in total. The third-order valence-electron chi connectivity index (χ3n) is 16.1. The van der Waals surface area contributed by atoms with Crippen molar-refractivity contribution in [1.29, 1.82) is 0 Å². The zero-order chi connectivity index (χ0) is 53.4. The normalized spacial score (nSPS) is 32.4. The van der Waals surface area contributed by atoms with Crippen LogP contribution >= 0.6 is 0 Å². The summed E-state index contributed by atoms with van der Waals surface area (Å²) in [4.78, 5) is 69.8. The predicted octanol–water partition coefficient (Wildman–Crippen LogP) is 7.99. The molecule has 0 radical (unpaired) electrons. The maximum atomic E-state index is 15.6. The first kappa shape index (κ1) is 55.1. The van der Waals surface area contributed by atoms with E-state index in [2.05, 4.69) is 5.32 Å². The molecule has 18 heteroatoms. The number of fused-ring (bicyclic) bond motifs is 8. The van der Waals surface area contributed by atoms with Crippen molar-refractivity contribution in [1.82, 2.24) is 5.32 Å². The smallest absolute Gasteiger partial charge is 0.408 e. The fraction of sp³-hybridized carbons (Fsp3) is 0.648. The van der Waals surface area contributed by atoms with Crippen molar-refractivity contribution in [3.8, 4) is 0 Å². The Morgan fingerprint density at radius 2 is 1.50 bits per heavy atom. The van der Waals surface area contributed by atoms with Gasteiger partial charge >= 0.3 is 30.0 Å². The fourth-order valence-corrected chi connectivity index (χ4v) is 12.9. The molecule has 4 fully saturated rings. The zero-order valence-electron chi connectivity index (χ0n) is 44.4. The first-order valence-corrected chi connectivity index (χ1v) is 27.7. The lowest BCUT2D eigenvalue weighted by atomic mass is 9.44. The lowest BCUT2D eigenvalue weighted by molar-refractivity contribution is -0.365. The number of aliphatic hydroxyl groups is 1. The van der Waals surface area contributed by atoms with Crippen LogP contribution in [0.1, 0.15) is 125 Å². The minimum Gasteiger partial charge on any atom is -0.480 e. The second kappa shape index (κ2) is 19.2. The number of amides is 1. The van der Waals surface area contributed by atoms with Crippen molar-refractivity contribution in [3.05, 3.63) is 82.9 Å². The van der Waals surface area contributed by atoms with Gasteiger partial charge in [0.1, 0.15) is 42.2 Å². The van der Waals surface area contributed by atoms with E-state index in [1.165, 1.54) is 6.92 Å². The number of aliphatic carboxylic acids is 1. The van der Waals surface area contributed by atoms with Gasteiger partial charge in [-0.1, -0.05) is 90.1 Å². The van der Waals surface area contributed by atoms with Gasteiger partial charge in [0.2, 0.25) is 0 Å². The number of hydrogen-bond acceptors (Lipinski definition) is 15. The summed E-state index contributed by atoms with van der Waals surface area (Å²) in [6.07, 6.45) is -9.58. The predicted molar refractivity (Wildman–Crippen MR) is 264 cm³/mol. The quantitative estimate of drug-likeness (QED) is 0.0749. The summed E-state index contributed by atoms with van der Waals surface area (Å²) in [6.45, 7) is 26.2. The number of carboxylic acid groups (broad SMARTS) is 1. The van der Waals surface area contributed by atoms with Gasteiger partial charge in [0, 0.05) is 30.6 Å². The van der Waals surface area contributed by atoms with Crippen LogP contribution in [0.5, 0.6) is 0 Å². The number of rotatable bonds is 13. The largest absolute Gasteiger partial charge is 0.480 e. The van der Waals surface area contributed by atoms with Crippen molar-refractivity contribution < 1.29 is 76.5 Å². The summed E-state index contributed by atoms with van der Waals surface area (Å²) in [5.41, 5.74) is -5.95. The highest BCUT2D eigenvalue weighted by molar-refractivity contribution is 6.74. The van der Waals surface area contributed by atoms with E-state index in [4.69, 9.17) is 42.3 Å². The number of esters is 3. The van der Waals surface area contributed by atoms with E-state index in [1.54, 1.807) is 110 Å². The molecule has 396 valence electrons. The number of ether oxygens (including phenoxy) is 8. The summed E-state index contributed by atoms with van der Waals surface area (Å²) in [5.74, 6) is -6.18. The summed E-state index contributed by atoms with van der Waals surface area (Å²) >= 11 is 0. The number of carbonyl (C=O) groups excluding carboxylic acids is 4. The van der Waals surface area contributed by atoms with Gasteiger partial charge in [0.25, 0.3) is 0 Å². The maximum Gasteiger partial charge on any atom is 0.408 e. The average Bonchev–Trinajstić information content (AvgIpc) is 3.58. The summed E-state index contributed by atoms with van der Waals surface area (Å²) < 4.78 is 59.1. The van der Waals surface area contributed by atoms with Gasteiger partial charge < -0.3 is 57.9 Å². The summed E-state index contributed by atoms with van der Waals surface area (Å²) in [5, 5.41) is 26.8. The first-order valence-electron chi connectivity index (χ1n) is 24.8. The second-order valence-corrected chi connectivity index (χ2v) is 28.7. The number of carboxylic acids is 1. The minimum atomic E-state index is -2.91. The van der Waals surface area contributed by atoms with Crippen molar-refractivity contribution >= 4 is 38.3 Å². The lowest BCUT2D eigenvalue weighted by Crippen LogP contribution is -2.82. The molecule has 0 spiro atoms. The lowest BCUT2D eigenvalue weighted by Gasteiger charge is -2.69. The number of nitrogens with one attached hydrogen (secondary N) is 1. The van der Waals surface area contributed by atoms with E-state index in [0.29, 0.717) is 16.7 Å². The van der Waals surface area contributed by atoms with Crippen LogP contribution in [0.3, 0.4) is 0 Å². The molecule has 2 heterocycles. The Kier molecular flexibility index (Phi) is 14.7. The monoisotopic (exact) mass is 1020 g/mol. The fourth-order valence-electron chi connectivity index (χ4n) is 11.7. The number of benzene rings is 2. The molecule has 12 atom stereocenters. The topological polar surface area (TPSA) is 221 Å². The molecule has 2 bridgehead atoms. The molecule has 5 aliphatic rings. The second-order valence-electron chi connectivity index (χ2n) is 23.9. The van der Waals surface area contributed by atoms with Crippen LogP contribution in [0.4, 0.5) is 4.79 Å². The van der Waals surface area contributed by atoms with E-state index < -0.39 is 138 Å². The third-order valence-corrected chi connectivity index (χ3v) is 20.6. The zero-order valence-corrected chi connectivity index (χ0v) is 45.4. The highest BCUT2D eigenvalue weighted by Crippen LogP contribution is 2.68. The van der Waals surface area contributed by atoms with E-state index >= 15 is 4.79 Å². The average molecular weight is 1020 g/mol. The molecule has 2 saturated carbocycles. The highest BCUT2D eigenvalue weighted by atomic mass is 28.4. The first-order chi connectivity index (χ1) is 33.2. The molecular formula is C54H75NO16Si. The van der Waals surface area contributed by atoms with Crippen LogP contribution in [0.15, 0.2) is 71.8 Å². The number of alkyl carbamates (subject to hydrolysis) is 1. The van der Waals surface area contributed by atoms with Gasteiger partial charge in [-0.15, -0.1) is 0 Å². The Morgan fingerprint density at radius 3 is 2.04 bits per heavy atom. The van der Waals surface area contributed by atoms with Crippen LogP contribution in [0.2, 0.25) is 18.1 Å². The molecule has 2 aromatic carbocycles. The molecule has 0 aromatic heterocycles. The standard InChI is InChI=1S/C54H75NO16Si/c1-30-34(65-46(60)41(71-72(14,15)49(6,7)8)39(32-22-18-16-19-23-32)55-47(61)70-48(3,4)5)27-54(62)44(66-45(59)33-24-20-17-21-25-33)42-52(13,43-40(38(30)50(54,9)10)68-51(11,12)69-43)35(63-28-37(57)58)26-36-53(42,29-64-36)67-31(2)56/h16-25,34-36,39-44,62H,26-29H2,1-15H3,(H,55,61)(H,57,58)/t34-,35-,36+,39-,40+,41+,42-,43+,44-,52+,53-,54+/m0/s1. The maximum absolute atomic E-state index is 15.6. The van der Waals surface area contributed by atoms with Crippen LogP contribution < -0.4 is 5.32 Å². The van der Waals surface area contributed by atoms with E-state index in [-0.39, 0.29) is 25.0 Å². The summed E-state index contributed by atoms with van der Waals surface area (Å²) in [6, 6.07) is 16.0. The molecule has 3 N–H and O–H groups in total. The van der Waals surface area contributed by atoms with Gasteiger partial charge in [-0.25, -0.2) is 19.2 Å². The van der Waals surface area contributed by atoms with Gasteiger partial charge in [0.05, 0.1) is 36.3 Å². The molecular weight excluding hydrogens is 947 g/mol. The molecule has 72 heavy (non-hydrogen) atoms. The van der Waals surface area contributed by atoms with Gasteiger partial charge in [0.15, 0.2) is 25.8 Å². The number of hydrogen-bond donors (Lipinski definition) is 3. The van der Waals surface area contributed by atoms with Crippen molar-refractivity contribution in [2.24, 2.45) is 16.7 Å². The molecule has 2 aromatic rings. The SMILES string of the molecule is CC(=O)O[C@@]12CO[C@@H]1C[C@H](OCC(=O)O)[C@@]1(C)[C@@H]3OC(C)(C)O[C@@H]3C3=C(C)[C@@H](OC(=O)[C@H](O[Si](C)(C)C(C)(C)C)[C@@H](NC(=O)OC(C)(C)C)c4ccccc4)C[C@@](O)([C@@H](OC(=O)c4ccccc4)[C@H]21)C3(C)C. The minimum absolute atomic E-state index is 0.0372. The molecule has 1 amide bonds. The van der Waals surface area contributed by atoms with E-state index in [1.807, 2.05) is 46.9 Å². The van der Waals surface area contributed by atoms with Crippen molar-refractivity contribution in [2.45, 2.75) is 192 Å². The Morgan fingerprint density at radius 1 is 0.889 bits per heavy atom. The van der Waals surface area contributed by atoms with Gasteiger partial charge in [-0.2, -0.15) is 0 Å². The van der Waals surface area contributed by atoms with Crippen LogP contribution in [-0.4, -0.2) is 127 Å². The Labute approximate surface area is 424 Å². The van der Waals surface area contributed by atoms with Gasteiger partial charge in [-0.3, -0.25) is 4.79 Å². The molecule has 2 aliphatic heterocycles. The van der Waals surface area contributed by atoms with Gasteiger partial charge in [-0.05, 0) is 88.5 Å². The molecule has 2 saturated heterocycles. The number of carbonyl (C=O) groups is 5. The van der Waals surface area contributed by atoms with Crippen LogP contribution in [0, 0.1) is 16.7 Å². The Balaban J connectivity index is 1.47. The highest BCUT2D eigenvalue weighted by Gasteiger charge is 2.79. The van der Waals surface area contributed by atoms with E-state index in [0.717, 1.165) is 0 Å². The van der Waals surface area contributed by atoms with Crippen molar-refractivity contribution in [2.75, 3.05) is 13.2 Å². The Hall–Kier alpha value is -4.69. The summed E-state index contributed by atoms with van der Waals surface area (Å²) in [7, 11) is -2.91. The van der Waals surface area contributed by atoms with Crippen molar-refractivity contribution in [3.63, 3.8) is 0 Å². The molecule has 7 rings (SSSR count). The third kappa shape index (κ3) is 10.0. The molecule has 0 unspecified atom stereocenters. The van der Waals surface area contributed by atoms with E-state index in [9.17, 15) is 29.4 Å². The Bertz CT molecular complexity index is 2430.